The second kappa shape index (κ2) is 19.5. The molecule has 0 aromatic heterocycles. The van der Waals surface area contributed by atoms with Crippen LogP contribution in [0.5, 0.6) is 0 Å². The summed E-state index contributed by atoms with van der Waals surface area (Å²) >= 11 is 0. The van der Waals surface area contributed by atoms with Crippen LogP contribution in [0, 0.1) is 0 Å². The average molecular weight is 593 g/mol. The molecule has 0 unspecified atom stereocenters. The fraction of sp³-hybridized carbons (Fsp3) is 0.200. The van der Waals surface area contributed by atoms with Crippen molar-refractivity contribution in [3.63, 3.8) is 0 Å². The van der Waals surface area contributed by atoms with Gasteiger partial charge in [-0.2, -0.15) is 0 Å². The number of hydrogen-bond donors (Lipinski definition) is 2. The summed E-state index contributed by atoms with van der Waals surface area (Å²) in [6.07, 6.45) is 5.06. The molecule has 5 heteroatoms. The second-order valence-corrected chi connectivity index (χ2v) is 12.0. The predicted molar refractivity (Wildman–Crippen MR) is 153 cm³/mol. The first-order chi connectivity index (χ1) is 16.9. The summed E-state index contributed by atoms with van der Waals surface area (Å²) in [5, 5.41) is 20.0. The third-order valence-corrected chi connectivity index (χ3v) is 10.5. The molecule has 0 spiro atoms. The standard InChI is InChI=1S/C28H28P2.2CH4O.Rh/c1-5-15-25(16-6-1)29(26-17-7-2-8-18-26)23-13-14-24-30(27-19-9-3-10-20-27)28-21-11-4-12-22-28;2*1-2;/h1-12,15-22H,13-14,23-24H2;2*2H,1H3;. The van der Waals surface area contributed by atoms with Crippen molar-refractivity contribution in [2.75, 3.05) is 26.5 Å². The molecule has 0 amide bonds. The minimum Gasteiger partial charge on any atom is -0.400 e. The van der Waals surface area contributed by atoms with Crippen LogP contribution >= 0.6 is 15.8 Å². The molecular formula is C30H36O2P2Rh. The average Bonchev–Trinajstić information content (AvgIpc) is 2.95. The summed E-state index contributed by atoms with van der Waals surface area (Å²) in [6.45, 7) is 0. The molecule has 0 heterocycles. The zero-order valence-corrected chi connectivity index (χ0v) is 23.9. The molecular weight excluding hydrogens is 557 g/mol. The summed E-state index contributed by atoms with van der Waals surface area (Å²) in [5.74, 6) is 0. The van der Waals surface area contributed by atoms with Crippen LogP contribution in [0.2, 0.25) is 0 Å². The fourth-order valence-corrected chi connectivity index (χ4v) is 8.62. The number of aliphatic hydroxyl groups excluding tert-OH is 2. The molecule has 0 saturated carbocycles. The quantitative estimate of drug-likeness (QED) is 0.158. The SMILES string of the molecule is CO.CO.[Rh].c1ccc(P(CCCCP(c2ccccc2)c2ccccc2)c2ccccc2)cc1. The fourth-order valence-electron chi connectivity index (χ4n) is 3.79. The Bertz CT molecular complexity index is 839. The summed E-state index contributed by atoms with van der Waals surface area (Å²) in [4.78, 5) is 0. The van der Waals surface area contributed by atoms with Gasteiger partial charge in [0.2, 0.25) is 0 Å². The van der Waals surface area contributed by atoms with Gasteiger partial charge >= 0.3 is 0 Å². The van der Waals surface area contributed by atoms with Gasteiger partial charge in [-0.25, -0.2) is 0 Å². The van der Waals surface area contributed by atoms with Gasteiger partial charge in [-0.05, 0) is 62.2 Å². The van der Waals surface area contributed by atoms with Crippen molar-refractivity contribution >= 4 is 37.1 Å². The molecule has 0 bridgehead atoms. The maximum atomic E-state index is 7.00. The smallest absolute Gasteiger partial charge is 0.0319 e. The van der Waals surface area contributed by atoms with Gasteiger partial charge in [-0.1, -0.05) is 121 Å². The Hall–Kier alpha value is -1.72. The molecule has 0 aliphatic heterocycles. The maximum Gasteiger partial charge on any atom is 0.0319 e. The first-order valence-electron chi connectivity index (χ1n) is 11.6. The third-order valence-electron chi connectivity index (χ3n) is 5.28. The predicted octanol–water partition coefficient (Wildman–Crippen LogP) is 5.25. The van der Waals surface area contributed by atoms with Crippen molar-refractivity contribution in [1.82, 2.24) is 0 Å². The minimum absolute atomic E-state index is 0. The number of aliphatic hydroxyl groups is 2. The molecule has 4 aromatic carbocycles. The van der Waals surface area contributed by atoms with Crippen molar-refractivity contribution in [3.8, 4) is 0 Å². The van der Waals surface area contributed by atoms with Crippen molar-refractivity contribution in [2.45, 2.75) is 12.8 Å². The van der Waals surface area contributed by atoms with Crippen LogP contribution in [0.25, 0.3) is 0 Å². The molecule has 4 aromatic rings. The van der Waals surface area contributed by atoms with Crippen molar-refractivity contribution in [1.29, 1.82) is 0 Å². The maximum absolute atomic E-state index is 7.00. The van der Waals surface area contributed by atoms with E-state index in [0.717, 1.165) is 14.2 Å². The monoisotopic (exact) mass is 593 g/mol. The molecule has 35 heavy (non-hydrogen) atoms. The van der Waals surface area contributed by atoms with E-state index >= 15 is 0 Å². The molecule has 187 valence electrons. The Labute approximate surface area is 226 Å². The van der Waals surface area contributed by atoms with E-state index in [0.29, 0.717) is 0 Å². The molecule has 2 N–H and O–H groups in total. The molecule has 0 aliphatic rings. The van der Waals surface area contributed by atoms with Gasteiger partial charge < -0.3 is 10.2 Å². The van der Waals surface area contributed by atoms with E-state index in [1.165, 1.54) is 46.4 Å². The van der Waals surface area contributed by atoms with Crippen molar-refractivity contribution in [2.24, 2.45) is 0 Å². The number of hydrogen-bond acceptors (Lipinski definition) is 2. The largest absolute Gasteiger partial charge is 0.400 e. The molecule has 0 atom stereocenters. The molecule has 1 radical (unpaired) electrons. The van der Waals surface area contributed by atoms with Crippen LogP contribution in [-0.2, 0) is 19.5 Å². The van der Waals surface area contributed by atoms with Crippen LogP contribution in [0.3, 0.4) is 0 Å². The van der Waals surface area contributed by atoms with Crippen LogP contribution in [0.1, 0.15) is 12.8 Å². The molecule has 0 aliphatic carbocycles. The van der Waals surface area contributed by atoms with Gasteiger partial charge in [0.15, 0.2) is 0 Å². The second-order valence-electron chi connectivity index (χ2n) is 7.35. The Morgan fingerprint density at radius 3 is 0.800 bits per heavy atom. The summed E-state index contributed by atoms with van der Waals surface area (Å²) < 4.78 is 0. The van der Waals surface area contributed by atoms with E-state index in [4.69, 9.17) is 10.2 Å². The molecule has 0 saturated heterocycles. The Morgan fingerprint density at radius 2 is 0.600 bits per heavy atom. The van der Waals surface area contributed by atoms with E-state index in [9.17, 15) is 0 Å². The number of unbranched alkanes of at least 4 members (excludes halogenated alkanes) is 1. The van der Waals surface area contributed by atoms with E-state index < -0.39 is 0 Å². The minimum atomic E-state index is -0.283. The summed E-state index contributed by atoms with van der Waals surface area (Å²) in [5.41, 5.74) is 0. The van der Waals surface area contributed by atoms with Crippen molar-refractivity contribution in [3.05, 3.63) is 121 Å². The van der Waals surface area contributed by atoms with Gasteiger partial charge in [-0.15, -0.1) is 0 Å². The van der Waals surface area contributed by atoms with Gasteiger partial charge in [-0.3, -0.25) is 0 Å². The van der Waals surface area contributed by atoms with E-state index in [-0.39, 0.29) is 35.3 Å². The normalized spacial score (nSPS) is 9.89. The Kier molecular flexibility index (Phi) is 17.4. The zero-order valence-electron chi connectivity index (χ0n) is 20.5. The molecule has 4 rings (SSSR count). The number of rotatable bonds is 9. The summed E-state index contributed by atoms with van der Waals surface area (Å²) in [7, 11) is 1.43. The van der Waals surface area contributed by atoms with Crippen LogP contribution in [0.4, 0.5) is 0 Å². The van der Waals surface area contributed by atoms with Gasteiger partial charge in [0.25, 0.3) is 0 Å². The molecule has 0 fully saturated rings. The van der Waals surface area contributed by atoms with E-state index in [1.54, 1.807) is 0 Å². The first-order valence-corrected chi connectivity index (χ1v) is 14.6. The zero-order chi connectivity index (χ0) is 24.4. The number of benzene rings is 4. The Balaban J connectivity index is 0.00000117. The van der Waals surface area contributed by atoms with E-state index in [2.05, 4.69) is 121 Å². The first kappa shape index (κ1) is 31.3. The molecule has 2 nitrogen and oxygen atoms in total. The van der Waals surface area contributed by atoms with Crippen LogP contribution < -0.4 is 21.2 Å². The van der Waals surface area contributed by atoms with Crippen LogP contribution in [0.15, 0.2) is 121 Å². The topological polar surface area (TPSA) is 40.5 Å². The van der Waals surface area contributed by atoms with E-state index in [1.807, 2.05) is 0 Å². The summed E-state index contributed by atoms with van der Waals surface area (Å²) in [6, 6.07) is 44.3. The van der Waals surface area contributed by atoms with Crippen molar-refractivity contribution < 1.29 is 29.7 Å². The van der Waals surface area contributed by atoms with Gasteiger partial charge in [0.05, 0.1) is 0 Å². The third kappa shape index (κ3) is 10.4. The van der Waals surface area contributed by atoms with Gasteiger partial charge in [0, 0.05) is 33.7 Å². The van der Waals surface area contributed by atoms with Gasteiger partial charge in [0.1, 0.15) is 0 Å². The Morgan fingerprint density at radius 1 is 0.400 bits per heavy atom. The van der Waals surface area contributed by atoms with Crippen LogP contribution in [-0.4, -0.2) is 36.8 Å².